The zero-order valence-corrected chi connectivity index (χ0v) is 12.0. The van der Waals surface area contributed by atoms with E-state index in [0.717, 1.165) is 24.1 Å². The van der Waals surface area contributed by atoms with Crippen molar-refractivity contribution < 1.29 is 9.53 Å². The van der Waals surface area contributed by atoms with Gasteiger partial charge in [0.2, 0.25) is 0 Å². The van der Waals surface area contributed by atoms with Gasteiger partial charge in [0, 0.05) is 12.3 Å². The molecule has 1 aromatic heterocycles. The van der Waals surface area contributed by atoms with E-state index in [-0.39, 0.29) is 12.0 Å². The molecule has 1 aromatic carbocycles. The van der Waals surface area contributed by atoms with E-state index in [2.05, 4.69) is 11.4 Å². The monoisotopic (exact) mass is 287 g/mol. The second kappa shape index (κ2) is 6.20. The first-order chi connectivity index (χ1) is 9.84. The second-order valence-electron chi connectivity index (χ2n) is 4.89. The molecule has 3 rings (SSSR count). The van der Waals surface area contributed by atoms with Gasteiger partial charge in [-0.2, -0.15) is 11.3 Å². The molecule has 1 aliphatic rings. The van der Waals surface area contributed by atoms with Gasteiger partial charge < -0.3 is 9.64 Å². The minimum absolute atomic E-state index is 0.0694. The summed E-state index contributed by atoms with van der Waals surface area (Å²) in [5.41, 5.74) is 2.09. The van der Waals surface area contributed by atoms with Gasteiger partial charge in [-0.1, -0.05) is 18.2 Å². The van der Waals surface area contributed by atoms with Crippen LogP contribution in [-0.2, 0) is 16.1 Å². The largest absolute Gasteiger partial charge is 0.368 e. The van der Waals surface area contributed by atoms with Crippen molar-refractivity contribution >= 4 is 22.9 Å². The molecule has 1 aliphatic heterocycles. The highest BCUT2D eigenvalue weighted by molar-refractivity contribution is 7.07. The summed E-state index contributed by atoms with van der Waals surface area (Å²) in [4.78, 5) is 14.5. The van der Waals surface area contributed by atoms with E-state index in [1.54, 1.807) is 11.3 Å². The fourth-order valence-corrected chi connectivity index (χ4v) is 3.08. The van der Waals surface area contributed by atoms with Crippen molar-refractivity contribution in [2.24, 2.45) is 0 Å². The third-order valence-corrected chi connectivity index (χ3v) is 4.19. The molecule has 3 nitrogen and oxygen atoms in total. The van der Waals surface area contributed by atoms with Crippen molar-refractivity contribution in [3.05, 3.63) is 52.7 Å². The zero-order chi connectivity index (χ0) is 13.8. The summed E-state index contributed by atoms with van der Waals surface area (Å²) in [6.07, 6.45) is 1.51. The number of ether oxygens (including phenoxy) is 1. The molecule has 0 unspecified atom stereocenters. The van der Waals surface area contributed by atoms with Crippen LogP contribution < -0.4 is 4.90 Å². The number of anilines is 1. The molecule has 104 valence electrons. The molecule has 1 amide bonds. The summed E-state index contributed by atoms with van der Waals surface area (Å²) in [5, 5.41) is 4.12. The predicted molar refractivity (Wildman–Crippen MR) is 80.9 cm³/mol. The number of nitrogens with zero attached hydrogens (tertiary/aromatic N) is 1. The van der Waals surface area contributed by atoms with Crippen LogP contribution in [0.25, 0.3) is 0 Å². The Morgan fingerprint density at radius 3 is 2.80 bits per heavy atom. The van der Waals surface area contributed by atoms with E-state index < -0.39 is 0 Å². The van der Waals surface area contributed by atoms with E-state index >= 15 is 0 Å². The maximum atomic E-state index is 12.7. The molecular formula is C16H17NO2S. The Bertz CT molecular complexity index is 547. The van der Waals surface area contributed by atoms with Gasteiger partial charge in [-0.3, -0.25) is 4.79 Å². The Morgan fingerprint density at radius 2 is 2.15 bits per heavy atom. The van der Waals surface area contributed by atoms with Crippen LogP contribution in [0.2, 0.25) is 0 Å². The number of para-hydroxylation sites is 1. The topological polar surface area (TPSA) is 29.5 Å². The van der Waals surface area contributed by atoms with Gasteiger partial charge >= 0.3 is 0 Å². The highest BCUT2D eigenvalue weighted by atomic mass is 32.1. The van der Waals surface area contributed by atoms with Crippen LogP contribution in [0.4, 0.5) is 5.69 Å². The number of benzene rings is 1. The van der Waals surface area contributed by atoms with Gasteiger partial charge in [-0.25, -0.2) is 0 Å². The van der Waals surface area contributed by atoms with E-state index in [1.165, 1.54) is 0 Å². The summed E-state index contributed by atoms with van der Waals surface area (Å²) in [7, 11) is 0. The van der Waals surface area contributed by atoms with Crippen molar-refractivity contribution in [3.8, 4) is 0 Å². The molecule has 1 atom stereocenters. The molecule has 1 saturated heterocycles. The molecular weight excluding hydrogens is 270 g/mol. The number of rotatable bonds is 4. The molecule has 20 heavy (non-hydrogen) atoms. The van der Waals surface area contributed by atoms with Crippen molar-refractivity contribution in [3.63, 3.8) is 0 Å². The first kappa shape index (κ1) is 13.3. The molecule has 0 N–H and O–H groups in total. The SMILES string of the molecule is O=C([C@@H]1CCCO1)N(Cc1ccsc1)c1ccccc1. The summed E-state index contributed by atoms with van der Waals surface area (Å²) in [6, 6.07) is 11.9. The average Bonchev–Trinajstić information content (AvgIpc) is 3.18. The fraction of sp³-hybridized carbons (Fsp3) is 0.312. The Balaban J connectivity index is 1.84. The fourth-order valence-electron chi connectivity index (χ4n) is 2.42. The lowest BCUT2D eigenvalue weighted by Crippen LogP contribution is -2.38. The van der Waals surface area contributed by atoms with Crippen LogP contribution in [0.15, 0.2) is 47.2 Å². The number of hydrogen-bond acceptors (Lipinski definition) is 3. The van der Waals surface area contributed by atoms with Crippen LogP contribution in [0, 0.1) is 0 Å². The summed E-state index contributed by atoms with van der Waals surface area (Å²) < 4.78 is 5.55. The Hall–Kier alpha value is -1.65. The van der Waals surface area contributed by atoms with Crippen LogP contribution in [0.5, 0.6) is 0 Å². The Labute approximate surface area is 122 Å². The summed E-state index contributed by atoms with van der Waals surface area (Å²) >= 11 is 1.65. The maximum absolute atomic E-state index is 12.7. The molecule has 0 saturated carbocycles. The third-order valence-electron chi connectivity index (χ3n) is 3.46. The normalized spacial score (nSPS) is 18.1. The number of carbonyl (C=O) groups excluding carboxylic acids is 1. The van der Waals surface area contributed by atoms with Gasteiger partial charge in [0.25, 0.3) is 5.91 Å². The average molecular weight is 287 g/mol. The van der Waals surface area contributed by atoms with Gasteiger partial charge in [-0.05, 0) is 47.4 Å². The maximum Gasteiger partial charge on any atom is 0.256 e. The predicted octanol–water partition coefficient (Wildman–Crippen LogP) is 3.46. The zero-order valence-electron chi connectivity index (χ0n) is 11.2. The summed E-state index contributed by atoms with van der Waals surface area (Å²) in [6.45, 7) is 1.30. The lowest BCUT2D eigenvalue weighted by atomic mass is 10.1. The van der Waals surface area contributed by atoms with Gasteiger partial charge in [0.15, 0.2) is 0 Å². The van der Waals surface area contributed by atoms with Crippen LogP contribution in [0.1, 0.15) is 18.4 Å². The first-order valence-corrected chi connectivity index (χ1v) is 7.78. The molecule has 1 fully saturated rings. The lowest BCUT2D eigenvalue weighted by Gasteiger charge is -2.25. The smallest absolute Gasteiger partial charge is 0.256 e. The molecule has 0 bridgehead atoms. The quantitative estimate of drug-likeness (QED) is 0.862. The molecule has 2 aromatic rings. The summed E-state index contributed by atoms with van der Waals surface area (Å²) in [5.74, 6) is 0.0694. The van der Waals surface area contributed by atoms with Crippen LogP contribution in [0.3, 0.4) is 0 Å². The standard InChI is InChI=1S/C16H17NO2S/c18-16(15-7-4-9-19-15)17(11-13-8-10-20-12-13)14-5-2-1-3-6-14/h1-3,5-6,8,10,12,15H,4,7,9,11H2/t15-/m0/s1. The van der Waals surface area contributed by atoms with Crippen LogP contribution in [-0.4, -0.2) is 18.6 Å². The molecule has 0 radical (unpaired) electrons. The van der Waals surface area contributed by atoms with Crippen molar-refractivity contribution in [2.75, 3.05) is 11.5 Å². The molecule has 0 aliphatic carbocycles. The number of amides is 1. The van der Waals surface area contributed by atoms with E-state index in [4.69, 9.17) is 4.74 Å². The van der Waals surface area contributed by atoms with Crippen molar-refractivity contribution in [1.82, 2.24) is 0 Å². The lowest BCUT2D eigenvalue weighted by molar-refractivity contribution is -0.127. The number of hydrogen-bond donors (Lipinski definition) is 0. The molecule has 0 spiro atoms. The van der Waals surface area contributed by atoms with Gasteiger partial charge in [0.05, 0.1) is 6.54 Å². The van der Waals surface area contributed by atoms with Gasteiger partial charge in [0.1, 0.15) is 6.10 Å². The number of carbonyl (C=O) groups is 1. The third kappa shape index (κ3) is 2.92. The van der Waals surface area contributed by atoms with Crippen molar-refractivity contribution in [2.45, 2.75) is 25.5 Å². The van der Waals surface area contributed by atoms with Crippen molar-refractivity contribution in [1.29, 1.82) is 0 Å². The molecule has 2 heterocycles. The molecule has 4 heteroatoms. The van der Waals surface area contributed by atoms with Gasteiger partial charge in [-0.15, -0.1) is 0 Å². The van der Waals surface area contributed by atoms with E-state index in [1.807, 2.05) is 40.6 Å². The highest BCUT2D eigenvalue weighted by Gasteiger charge is 2.29. The Kier molecular flexibility index (Phi) is 4.14. The highest BCUT2D eigenvalue weighted by Crippen LogP contribution is 2.23. The van der Waals surface area contributed by atoms with E-state index in [0.29, 0.717) is 13.2 Å². The first-order valence-electron chi connectivity index (χ1n) is 6.84. The Morgan fingerprint density at radius 1 is 1.30 bits per heavy atom. The van der Waals surface area contributed by atoms with Crippen LogP contribution >= 0.6 is 11.3 Å². The minimum Gasteiger partial charge on any atom is -0.368 e. The second-order valence-corrected chi connectivity index (χ2v) is 5.67. The van der Waals surface area contributed by atoms with E-state index in [9.17, 15) is 4.79 Å². The number of thiophene rings is 1. The minimum atomic E-state index is -0.283.